The Labute approximate surface area is 122 Å². The fraction of sp³-hybridized carbons (Fsp3) is 0.733. The number of rotatable bonds is 6. The van der Waals surface area contributed by atoms with E-state index in [2.05, 4.69) is 34.0 Å². The molecule has 20 heavy (non-hydrogen) atoms. The molecule has 1 aromatic heterocycles. The summed E-state index contributed by atoms with van der Waals surface area (Å²) in [5, 5.41) is 3.46. The van der Waals surface area contributed by atoms with Gasteiger partial charge in [0, 0.05) is 25.1 Å². The highest BCUT2D eigenvalue weighted by atomic mass is 15.2. The van der Waals surface area contributed by atoms with E-state index in [4.69, 9.17) is 5.73 Å². The highest BCUT2D eigenvalue weighted by molar-refractivity contribution is 5.45. The van der Waals surface area contributed by atoms with E-state index < -0.39 is 0 Å². The van der Waals surface area contributed by atoms with Crippen LogP contribution in [0.5, 0.6) is 0 Å². The van der Waals surface area contributed by atoms with Crippen molar-refractivity contribution in [2.75, 3.05) is 30.7 Å². The van der Waals surface area contributed by atoms with Crippen LogP contribution in [-0.4, -0.2) is 40.5 Å². The van der Waals surface area contributed by atoms with Crippen molar-refractivity contribution in [1.82, 2.24) is 14.9 Å². The molecule has 0 aromatic carbocycles. The summed E-state index contributed by atoms with van der Waals surface area (Å²) in [5.41, 5.74) is 5.85. The topological polar surface area (TPSA) is 67.1 Å². The maximum absolute atomic E-state index is 5.85. The molecule has 1 unspecified atom stereocenters. The lowest BCUT2D eigenvalue weighted by Crippen LogP contribution is -2.38. The standard InChI is InChI=1S/C15H27N5/c1-3-7-14-18-13(16)10-15(19-14)17-12(2)11-20-8-5-4-6-9-20/h10,12H,3-9,11H2,1-2H3,(H3,16,17,18,19). The Morgan fingerprint density at radius 1 is 1.30 bits per heavy atom. The van der Waals surface area contributed by atoms with Crippen molar-refractivity contribution in [2.24, 2.45) is 0 Å². The SMILES string of the molecule is CCCc1nc(N)cc(NC(C)CN2CCCCC2)n1. The van der Waals surface area contributed by atoms with Gasteiger partial charge in [0.25, 0.3) is 0 Å². The molecular formula is C15H27N5. The number of aromatic nitrogens is 2. The molecule has 0 radical (unpaired) electrons. The fourth-order valence-corrected chi connectivity index (χ4v) is 2.75. The van der Waals surface area contributed by atoms with Crippen molar-refractivity contribution in [1.29, 1.82) is 0 Å². The van der Waals surface area contributed by atoms with Crippen molar-refractivity contribution >= 4 is 11.6 Å². The van der Waals surface area contributed by atoms with E-state index in [1.807, 2.05) is 6.07 Å². The minimum Gasteiger partial charge on any atom is -0.384 e. The van der Waals surface area contributed by atoms with Crippen molar-refractivity contribution in [3.8, 4) is 0 Å². The summed E-state index contributed by atoms with van der Waals surface area (Å²) in [7, 11) is 0. The second-order valence-corrected chi connectivity index (χ2v) is 5.75. The summed E-state index contributed by atoms with van der Waals surface area (Å²) in [5.74, 6) is 2.24. The first-order valence-corrected chi connectivity index (χ1v) is 7.79. The van der Waals surface area contributed by atoms with E-state index in [9.17, 15) is 0 Å². The van der Waals surface area contributed by atoms with Crippen LogP contribution >= 0.6 is 0 Å². The van der Waals surface area contributed by atoms with Crippen molar-refractivity contribution in [3.05, 3.63) is 11.9 Å². The average molecular weight is 277 g/mol. The van der Waals surface area contributed by atoms with Gasteiger partial charge in [-0.05, 0) is 39.3 Å². The second-order valence-electron chi connectivity index (χ2n) is 5.75. The summed E-state index contributed by atoms with van der Waals surface area (Å²) < 4.78 is 0. The van der Waals surface area contributed by atoms with Gasteiger partial charge in [0.15, 0.2) is 0 Å². The molecule has 0 spiro atoms. The number of piperidine rings is 1. The van der Waals surface area contributed by atoms with E-state index in [1.165, 1.54) is 32.4 Å². The second kappa shape index (κ2) is 7.43. The molecule has 1 aromatic rings. The van der Waals surface area contributed by atoms with Gasteiger partial charge in [0.1, 0.15) is 17.5 Å². The average Bonchev–Trinajstić information content (AvgIpc) is 2.39. The van der Waals surface area contributed by atoms with Gasteiger partial charge >= 0.3 is 0 Å². The zero-order chi connectivity index (χ0) is 14.4. The van der Waals surface area contributed by atoms with E-state index in [0.29, 0.717) is 11.9 Å². The molecule has 1 aliphatic heterocycles. The first-order chi connectivity index (χ1) is 9.67. The predicted octanol–water partition coefficient (Wildman–Crippen LogP) is 2.30. The maximum Gasteiger partial charge on any atom is 0.133 e. The molecule has 1 saturated heterocycles. The zero-order valence-electron chi connectivity index (χ0n) is 12.7. The molecule has 2 rings (SSSR count). The highest BCUT2D eigenvalue weighted by Crippen LogP contribution is 2.13. The Bertz CT molecular complexity index is 415. The van der Waals surface area contributed by atoms with Crippen molar-refractivity contribution < 1.29 is 0 Å². The van der Waals surface area contributed by atoms with Crippen LogP contribution in [0.25, 0.3) is 0 Å². The van der Waals surface area contributed by atoms with Gasteiger partial charge in [-0.2, -0.15) is 0 Å². The van der Waals surface area contributed by atoms with Gasteiger partial charge in [-0.25, -0.2) is 9.97 Å². The molecule has 0 saturated carbocycles. The molecule has 0 aliphatic carbocycles. The Balaban J connectivity index is 1.90. The Morgan fingerprint density at radius 3 is 2.75 bits per heavy atom. The van der Waals surface area contributed by atoms with E-state index >= 15 is 0 Å². The number of nitrogens with one attached hydrogen (secondary N) is 1. The monoisotopic (exact) mass is 277 g/mol. The summed E-state index contributed by atoms with van der Waals surface area (Å²) in [6.45, 7) is 7.83. The van der Waals surface area contributed by atoms with Gasteiger partial charge in [0.05, 0.1) is 0 Å². The molecule has 0 amide bonds. The number of aryl methyl sites for hydroxylation is 1. The minimum absolute atomic E-state index is 0.372. The third kappa shape index (κ3) is 4.63. The van der Waals surface area contributed by atoms with Crippen LogP contribution in [0.4, 0.5) is 11.6 Å². The van der Waals surface area contributed by atoms with Gasteiger partial charge in [-0.15, -0.1) is 0 Å². The normalized spacial score (nSPS) is 17.9. The first-order valence-electron chi connectivity index (χ1n) is 7.79. The van der Waals surface area contributed by atoms with E-state index in [0.717, 1.165) is 31.0 Å². The number of nitrogen functional groups attached to an aromatic ring is 1. The van der Waals surface area contributed by atoms with Crippen LogP contribution in [0.15, 0.2) is 6.07 Å². The largest absolute Gasteiger partial charge is 0.384 e. The summed E-state index contributed by atoms with van der Waals surface area (Å²) in [6.07, 6.45) is 5.94. The van der Waals surface area contributed by atoms with Crippen LogP contribution in [0, 0.1) is 0 Å². The number of nitrogens with two attached hydrogens (primary N) is 1. The van der Waals surface area contributed by atoms with Crippen molar-refractivity contribution in [2.45, 2.75) is 52.0 Å². The summed E-state index contributed by atoms with van der Waals surface area (Å²) in [6, 6.07) is 2.20. The zero-order valence-corrected chi connectivity index (χ0v) is 12.7. The smallest absolute Gasteiger partial charge is 0.133 e. The third-order valence-corrected chi connectivity index (χ3v) is 3.64. The lowest BCUT2D eigenvalue weighted by molar-refractivity contribution is 0.223. The van der Waals surface area contributed by atoms with Crippen LogP contribution in [0.3, 0.4) is 0 Å². The first kappa shape index (κ1) is 15.0. The lowest BCUT2D eigenvalue weighted by Gasteiger charge is -2.29. The number of anilines is 2. The molecule has 1 fully saturated rings. The summed E-state index contributed by atoms with van der Waals surface area (Å²) in [4.78, 5) is 11.3. The van der Waals surface area contributed by atoms with Crippen LogP contribution in [-0.2, 0) is 6.42 Å². The molecule has 112 valence electrons. The minimum atomic E-state index is 0.372. The quantitative estimate of drug-likeness (QED) is 0.835. The molecule has 5 heteroatoms. The predicted molar refractivity (Wildman–Crippen MR) is 83.8 cm³/mol. The summed E-state index contributed by atoms with van der Waals surface area (Å²) >= 11 is 0. The van der Waals surface area contributed by atoms with Gasteiger partial charge in [-0.1, -0.05) is 13.3 Å². The Kier molecular flexibility index (Phi) is 5.59. The van der Waals surface area contributed by atoms with Crippen LogP contribution < -0.4 is 11.1 Å². The fourth-order valence-electron chi connectivity index (χ4n) is 2.75. The number of hydrogen-bond acceptors (Lipinski definition) is 5. The molecular weight excluding hydrogens is 250 g/mol. The third-order valence-electron chi connectivity index (χ3n) is 3.64. The molecule has 0 bridgehead atoms. The van der Waals surface area contributed by atoms with Gasteiger partial charge in [-0.3, -0.25) is 0 Å². The highest BCUT2D eigenvalue weighted by Gasteiger charge is 2.14. The number of nitrogens with zero attached hydrogens (tertiary/aromatic N) is 3. The van der Waals surface area contributed by atoms with Gasteiger partial charge < -0.3 is 16.0 Å². The molecule has 1 atom stereocenters. The van der Waals surface area contributed by atoms with Crippen LogP contribution in [0.1, 0.15) is 45.4 Å². The molecule has 2 heterocycles. The lowest BCUT2D eigenvalue weighted by atomic mass is 10.1. The number of hydrogen-bond donors (Lipinski definition) is 2. The molecule has 5 nitrogen and oxygen atoms in total. The van der Waals surface area contributed by atoms with Gasteiger partial charge in [0.2, 0.25) is 0 Å². The maximum atomic E-state index is 5.85. The Morgan fingerprint density at radius 2 is 2.05 bits per heavy atom. The Hall–Kier alpha value is -1.36. The van der Waals surface area contributed by atoms with E-state index in [1.54, 1.807) is 0 Å². The number of likely N-dealkylation sites (tertiary alicyclic amines) is 1. The molecule has 1 aliphatic rings. The van der Waals surface area contributed by atoms with Crippen LogP contribution in [0.2, 0.25) is 0 Å². The van der Waals surface area contributed by atoms with Crippen molar-refractivity contribution in [3.63, 3.8) is 0 Å². The molecule has 3 N–H and O–H groups in total. The van der Waals surface area contributed by atoms with E-state index in [-0.39, 0.29) is 0 Å².